The number of carbonyl (C=O) groups excluding carboxylic acids is 2. The zero-order chi connectivity index (χ0) is 18.7. The van der Waals surface area contributed by atoms with Crippen molar-refractivity contribution < 1.29 is 19.1 Å². The zero-order valence-electron chi connectivity index (χ0n) is 14.2. The molecule has 8 heteroatoms. The van der Waals surface area contributed by atoms with Gasteiger partial charge < -0.3 is 19.7 Å². The minimum atomic E-state index is -0.353. The Morgan fingerprint density at radius 2 is 1.92 bits per heavy atom. The Kier molecular flexibility index (Phi) is 5.58. The maximum Gasteiger partial charge on any atom is 0.244 e. The van der Waals surface area contributed by atoms with Crippen LogP contribution in [0.25, 0.3) is 0 Å². The first-order valence-electron chi connectivity index (χ1n) is 7.77. The maximum atomic E-state index is 12.5. The Morgan fingerprint density at radius 1 is 1.23 bits per heavy atom. The number of para-hydroxylation sites is 1. The number of hydrogen-bond acceptors (Lipinski definition) is 5. The number of ether oxygens (including phenoxy) is 2. The summed E-state index contributed by atoms with van der Waals surface area (Å²) in [6.45, 7) is -0.0962. The lowest BCUT2D eigenvalue weighted by molar-refractivity contribution is -0.120. The Hall–Kier alpha value is -2.38. The van der Waals surface area contributed by atoms with Crippen molar-refractivity contribution in [1.29, 1.82) is 0 Å². The van der Waals surface area contributed by atoms with E-state index < -0.39 is 0 Å². The highest BCUT2D eigenvalue weighted by Gasteiger charge is 2.26. The summed E-state index contributed by atoms with van der Waals surface area (Å²) in [5, 5.41) is 3.04. The topological polar surface area (TPSA) is 67.9 Å². The number of hydrogen-bond donors (Lipinski definition) is 1. The molecule has 1 aliphatic heterocycles. The van der Waals surface area contributed by atoms with Crippen LogP contribution >= 0.6 is 23.4 Å². The molecule has 1 aliphatic rings. The predicted molar refractivity (Wildman–Crippen MR) is 103 cm³/mol. The number of benzene rings is 2. The van der Waals surface area contributed by atoms with E-state index in [1.54, 1.807) is 12.1 Å². The number of thioether (sulfide) groups is 1. The van der Waals surface area contributed by atoms with Gasteiger partial charge in [-0.05, 0) is 12.1 Å². The van der Waals surface area contributed by atoms with E-state index in [-0.39, 0.29) is 18.4 Å². The molecule has 0 radical (unpaired) electrons. The van der Waals surface area contributed by atoms with Gasteiger partial charge in [0.15, 0.2) is 11.5 Å². The molecule has 2 aromatic rings. The molecule has 0 saturated heterocycles. The van der Waals surface area contributed by atoms with Crippen molar-refractivity contribution in [2.75, 3.05) is 36.7 Å². The van der Waals surface area contributed by atoms with E-state index in [0.717, 1.165) is 10.6 Å². The van der Waals surface area contributed by atoms with Crippen LogP contribution in [0.4, 0.5) is 11.4 Å². The van der Waals surface area contributed by atoms with Gasteiger partial charge in [-0.1, -0.05) is 23.7 Å². The van der Waals surface area contributed by atoms with Crippen molar-refractivity contribution in [3.63, 3.8) is 0 Å². The van der Waals surface area contributed by atoms with Crippen molar-refractivity contribution in [2.24, 2.45) is 0 Å². The summed E-state index contributed by atoms with van der Waals surface area (Å²) in [4.78, 5) is 27.2. The fourth-order valence-corrected chi connectivity index (χ4v) is 3.75. The molecule has 0 unspecified atom stereocenters. The van der Waals surface area contributed by atoms with Gasteiger partial charge in [-0.2, -0.15) is 0 Å². The van der Waals surface area contributed by atoms with Gasteiger partial charge in [0.1, 0.15) is 6.54 Å². The Morgan fingerprint density at radius 3 is 2.65 bits per heavy atom. The minimum absolute atomic E-state index is 0.0962. The molecule has 6 nitrogen and oxygen atoms in total. The average Bonchev–Trinajstić information content (AvgIpc) is 2.65. The van der Waals surface area contributed by atoms with Gasteiger partial charge in [0, 0.05) is 17.0 Å². The molecule has 0 saturated carbocycles. The molecule has 2 aromatic carbocycles. The first-order chi connectivity index (χ1) is 12.5. The second kappa shape index (κ2) is 7.88. The zero-order valence-corrected chi connectivity index (χ0v) is 15.8. The van der Waals surface area contributed by atoms with Crippen LogP contribution in [0, 0.1) is 0 Å². The van der Waals surface area contributed by atoms with Crippen LogP contribution in [0.3, 0.4) is 0 Å². The van der Waals surface area contributed by atoms with Crippen LogP contribution in [-0.4, -0.2) is 38.3 Å². The van der Waals surface area contributed by atoms with E-state index >= 15 is 0 Å². The molecular formula is C18H17ClN2O4S. The minimum Gasteiger partial charge on any atom is -0.493 e. The predicted octanol–water partition coefficient (Wildman–Crippen LogP) is 3.43. The highest BCUT2D eigenvalue weighted by molar-refractivity contribution is 8.00. The molecule has 3 rings (SSSR count). The third kappa shape index (κ3) is 3.73. The van der Waals surface area contributed by atoms with Crippen molar-refractivity contribution >= 4 is 46.6 Å². The smallest absolute Gasteiger partial charge is 0.244 e. The summed E-state index contributed by atoms with van der Waals surface area (Å²) in [5.41, 5.74) is 1.13. The highest BCUT2D eigenvalue weighted by atomic mass is 35.5. The number of carbonyl (C=O) groups is 2. The van der Waals surface area contributed by atoms with Crippen molar-refractivity contribution in [3.05, 3.63) is 41.4 Å². The molecule has 26 heavy (non-hydrogen) atoms. The summed E-state index contributed by atoms with van der Waals surface area (Å²) >= 11 is 7.67. The summed E-state index contributed by atoms with van der Waals surface area (Å²) in [6, 6.07) is 10.7. The largest absolute Gasteiger partial charge is 0.493 e. The molecule has 2 amide bonds. The number of amides is 2. The summed E-state index contributed by atoms with van der Waals surface area (Å²) in [5.74, 6) is 0.758. The van der Waals surface area contributed by atoms with Crippen molar-refractivity contribution in [3.8, 4) is 11.5 Å². The van der Waals surface area contributed by atoms with E-state index in [2.05, 4.69) is 5.32 Å². The lowest BCUT2D eigenvalue weighted by Gasteiger charge is -2.28. The van der Waals surface area contributed by atoms with Gasteiger partial charge in [-0.25, -0.2) is 0 Å². The van der Waals surface area contributed by atoms with Crippen LogP contribution in [0.1, 0.15) is 0 Å². The van der Waals surface area contributed by atoms with E-state index in [1.165, 1.54) is 30.9 Å². The van der Waals surface area contributed by atoms with Gasteiger partial charge in [-0.3, -0.25) is 9.59 Å². The lowest BCUT2D eigenvalue weighted by Crippen LogP contribution is -2.41. The first-order valence-corrected chi connectivity index (χ1v) is 9.13. The number of fused-ring (bicyclic) bond motifs is 1. The Labute approximate surface area is 160 Å². The highest BCUT2D eigenvalue weighted by Crippen LogP contribution is 2.37. The summed E-state index contributed by atoms with van der Waals surface area (Å²) in [7, 11) is 3.00. The van der Waals surface area contributed by atoms with E-state index in [1.807, 2.05) is 24.3 Å². The second-order valence-corrected chi connectivity index (χ2v) is 6.90. The van der Waals surface area contributed by atoms with Crippen LogP contribution in [0.5, 0.6) is 11.5 Å². The lowest BCUT2D eigenvalue weighted by atomic mass is 10.2. The van der Waals surface area contributed by atoms with Crippen molar-refractivity contribution in [1.82, 2.24) is 0 Å². The average molecular weight is 393 g/mol. The maximum absolute atomic E-state index is 12.5. The van der Waals surface area contributed by atoms with Gasteiger partial charge in [0.25, 0.3) is 0 Å². The molecule has 1 heterocycles. The molecule has 1 N–H and O–H groups in total. The monoisotopic (exact) mass is 392 g/mol. The number of nitrogens with one attached hydrogen (secondary N) is 1. The van der Waals surface area contributed by atoms with Crippen LogP contribution in [0.2, 0.25) is 5.02 Å². The number of halogens is 1. The third-order valence-electron chi connectivity index (χ3n) is 3.86. The van der Waals surface area contributed by atoms with Gasteiger partial charge in [0.05, 0.1) is 36.4 Å². The van der Waals surface area contributed by atoms with E-state index in [0.29, 0.717) is 28.0 Å². The quantitative estimate of drug-likeness (QED) is 0.844. The number of anilines is 2. The molecule has 0 aliphatic carbocycles. The molecule has 0 bridgehead atoms. The van der Waals surface area contributed by atoms with Crippen LogP contribution in [0.15, 0.2) is 41.3 Å². The van der Waals surface area contributed by atoms with Gasteiger partial charge in [-0.15, -0.1) is 11.8 Å². The fraction of sp³-hybridized carbons (Fsp3) is 0.222. The summed E-state index contributed by atoms with van der Waals surface area (Å²) in [6.07, 6.45) is 0. The third-order valence-corrected chi connectivity index (χ3v) is 5.22. The number of rotatable bonds is 5. The van der Waals surface area contributed by atoms with E-state index in [9.17, 15) is 9.59 Å². The molecule has 0 aromatic heterocycles. The van der Waals surface area contributed by atoms with Gasteiger partial charge in [0.2, 0.25) is 11.8 Å². The van der Waals surface area contributed by atoms with Crippen molar-refractivity contribution in [2.45, 2.75) is 4.90 Å². The normalized spacial score (nSPS) is 13.2. The molecule has 0 atom stereocenters. The molecule has 0 spiro atoms. The molecule has 136 valence electrons. The van der Waals surface area contributed by atoms with Crippen LogP contribution < -0.4 is 19.7 Å². The van der Waals surface area contributed by atoms with Crippen LogP contribution in [-0.2, 0) is 9.59 Å². The van der Waals surface area contributed by atoms with Gasteiger partial charge >= 0.3 is 0 Å². The Bertz CT molecular complexity index is 859. The first kappa shape index (κ1) is 18.4. The number of nitrogens with zero attached hydrogens (tertiary/aromatic N) is 1. The SMILES string of the molecule is COc1cc(Cl)c(NC(=O)CN2C(=O)CSc3ccccc32)cc1OC. The Balaban J connectivity index is 1.79. The molecular weight excluding hydrogens is 376 g/mol. The van der Waals surface area contributed by atoms with E-state index in [4.69, 9.17) is 21.1 Å². The summed E-state index contributed by atoms with van der Waals surface area (Å²) < 4.78 is 10.4. The second-order valence-electron chi connectivity index (χ2n) is 5.47. The number of methoxy groups -OCH3 is 2. The fourth-order valence-electron chi connectivity index (χ4n) is 2.61. The molecule has 0 fully saturated rings. The standard InChI is InChI=1S/C18H17ClN2O4S/c1-24-14-7-11(19)12(8-15(14)25-2)20-17(22)9-21-13-5-3-4-6-16(13)26-10-18(21)23/h3-8H,9-10H2,1-2H3,(H,20,22).